The Labute approximate surface area is 174 Å². The Kier molecular flexibility index (Phi) is 7.20. The number of nitrogens with zero attached hydrogens (tertiary/aromatic N) is 2. The molecule has 0 bridgehead atoms. The van der Waals surface area contributed by atoms with Crippen molar-refractivity contribution in [3.05, 3.63) is 82.9 Å². The van der Waals surface area contributed by atoms with Crippen LogP contribution in [-0.2, 0) is 0 Å². The smallest absolute Gasteiger partial charge is 0.269 e. The van der Waals surface area contributed by atoms with E-state index in [0.29, 0.717) is 13.1 Å². The highest BCUT2D eigenvalue weighted by Gasteiger charge is 2.06. The lowest BCUT2D eigenvalue weighted by Gasteiger charge is -2.23. The van der Waals surface area contributed by atoms with E-state index in [9.17, 15) is 10.1 Å². The zero-order valence-corrected chi connectivity index (χ0v) is 16.4. The molecule has 0 aliphatic carbocycles. The minimum Gasteiger partial charge on any atom is -0.395 e. The van der Waals surface area contributed by atoms with Gasteiger partial charge >= 0.3 is 0 Å². The fraction of sp³-hybridized carbons (Fsp3) is 0.182. The zero-order chi connectivity index (χ0) is 21.3. The highest BCUT2D eigenvalue weighted by Crippen LogP contribution is 2.24. The standard InChI is InChI=1S/C22H24N4O4/c27-15-13-25(14-16-28)21-11-7-20(8-12-21)24-23-19-5-1-17(2-6-19)18-3-9-22(10-4-18)26(29)30/h1-12,23-24,27-28H,13-16H2. The Morgan fingerprint density at radius 1 is 0.733 bits per heavy atom. The van der Waals surface area contributed by atoms with Gasteiger partial charge in [0.25, 0.3) is 5.69 Å². The van der Waals surface area contributed by atoms with Gasteiger partial charge in [-0.15, -0.1) is 0 Å². The predicted octanol–water partition coefficient (Wildman–Crippen LogP) is 3.49. The predicted molar refractivity (Wildman–Crippen MR) is 119 cm³/mol. The molecule has 3 rings (SSSR count). The van der Waals surface area contributed by atoms with E-state index in [4.69, 9.17) is 10.2 Å². The van der Waals surface area contributed by atoms with Crippen molar-refractivity contribution in [2.24, 2.45) is 0 Å². The molecule has 0 saturated carbocycles. The summed E-state index contributed by atoms with van der Waals surface area (Å²) in [5.41, 5.74) is 10.9. The van der Waals surface area contributed by atoms with Crippen molar-refractivity contribution in [2.75, 3.05) is 42.1 Å². The van der Waals surface area contributed by atoms with Crippen LogP contribution in [-0.4, -0.2) is 41.4 Å². The number of hydrogen-bond acceptors (Lipinski definition) is 7. The number of nitrogens with one attached hydrogen (secondary N) is 2. The summed E-state index contributed by atoms with van der Waals surface area (Å²) >= 11 is 0. The molecule has 0 amide bonds. The molecule has 0 aromatic heterocycles. The van der Waals surface area contributed by atoms with Gasteiger partial charge < -0.3 is 26.0 Å². The third-order valence-electron chi connectivity index (χ3n) is 4.62. The largest absolute Gasteiger partial charge is 0.395 e. The van der Waals surface area contributed by atoms with Crippen LogP contribution in [0.4, 0.5) is 22.7 Å². The van der Waals surface area contributed by atoms with Crippen molar-refractivity contribution in [2.45, 2.75) is 0 Å². The number of nitro benzene ring substituents is 1. The molecule has 4 N–H and O–H groups in total. The van der Waals surface area contributed by atoms with E-state index in [1.165, 1.54) is 12.1 Å². The molecule has 0 heterocycles. The molecule has 0 atom stereocenters. The highest BCUT2D eigenvalue weighted by molar-refractivity contribution is 5.67. The molecule has 0 aliphatic rings. The zero-order valence-electron chi connectivity index (χ0n) is 16.4. The number of anilines is 3. The van der Waals surface area contributed by atoms with E-state index in [1.54, 1.807) is 12.1 Å². The summed E-state index contributed by atoms with van der Waals surface area (Å²) in [4.78, 5) is 12.3. The molecule has 0 radical (unpaired) electrons. The van der Waals surface area contributed by atoms with Crippen molar-refractivity contribution in [1.29, 1.82) is 0 Å². The number of benzene rings is 3. The third-order valence-corrected chi connectivity index (χ3v) is 4.62. The molecular weight excluding hydrogens is 384 g/mol. The van der Waals surface area contributed by atoms with Gasteiger partial charge in [-0.1, -0.05) is 12.1 Å². The van der Waals surface area contributed by atoms with E-state index >= 15 is 0 Å². The second-order valence-electron chi connectivity index (χ2n) is 6.61. The molecule has 0 aliphatic heterocycles. The molecule has 30 heavy (non-hydrogen) atoms. The average Bonchev–Trinajstić information content (AvgIpc) is 2.78. The number of hydrazine groups is 1. The van der Waals surface area contributed by atoms with E-state index in [1.807, 2.05) is 53.4 Å². The summed E-state index contributed by atoms with van der Waals surface area (Å²) < 4.78 is 0. The van der Waals surface area contributed by atoms with Gasteiger partial charge in [-0.05, 0) is 59.7 Å². The first-order valence-corrected chi connectivity index (χ1v) is 9.54. The van der Waals surface area contributed by atoms with Crippen molar-refractivity contribution in [3.8, 4) is 11.1 Å². The second-order valence-corrected chi connectivity index (χ2v) is 6.61. The summed E-state index contributed by atoms with van der Waals surface area (Å²) in [7, 11) is 0. The first-order valence-electron chi connectivity index (χ1n) is 9.54. The lowest BCUT2D eigenvalue weighted by molar-refractivity contribution is -0.384. The summed E-state index contributed by atoms with van der Waals surface area (Å²) in [5.74, 6) is 0. The maximum Gasteiger partial charge on any atom is 0.269 e. The van der Waals surface area contributed by atoms with Crippen LogP contribution in [0.15, 0.2) is 72.8 Å². The second kappa shape index (κ2) is 10.2. The first kappa shape index (κ1) is 21.1. The molecule has 0 spiro atoms. The molecule has 156 valence electrons. The summed E-state index contributed by atoms with van der Waals surface area (Å²) in [5, 5.41) is 29.0. The van der Waals surface area contributed by atoms with Gasteiger partial charge in [0.2, 0.25) is 0 Å². The van der Waals surface area contributed by atoms with Crippen LogP contribution in [0, 0.1) is 10.1 Å². The normalized spacial score (nSPS) is 10.5. The highest BCUT2D eigenvalue weighted by atomic mass is 16.6. The van der Waals surface area contributed by atoms with Crippen molar-refractivity contribution >= 4 is 22.7 Å². The van der Waals surface area contributed by atoms with Gasteiger partial charge in [-0.25, -0.2) is 0 Å². The van der Waals surface area contributed by atoms with Gasteiger partial charge in [0.1, 0.15) is 0 Å². The molecule has 3 aromatic carbocycles. The van der Waals surface area contributed by atoms with Crippen molar-refractivity contribution in [3.63, 3.8) is 0 Å². The van der Waals surface area contributed by atoms with E-state index < -0.39 is 4.92 Å². The molecule has 0 saturated heterocycles. The van der Waals surface area contributed by atoms with Gasteiger partial charge in [-0.2, -0.15) is 0 Å². The van der Waals surface area contributed by atoms with E-state index in [2.05, 4.69) is 10.9 Å². The van der Waals surface area contributed by atoms with Crippen LogP contribution in [0.3, 0.4) is 0 Å². The van der Waals surface area contributed by atoms with Crippen molar-refractivity contribution < 1.29 is 15.1 Å². The quantitative estimate of drug-likeness (QED) is 0.300. The topological polar surface area (TPSA) is 111 Å². The monoisotopic (exact) mass is 408 g/mol. The summed E-state index contributed by atoms with van der Waals surface area (Å²) in [6.07, 6.45) is 0. The third kappa shape index (κ3) is 5.47. The maximum absolute atomic E-state index is 10.8. The van der Waals surface area contributed by atoms with Crippen LogP contribution in [0.1, 0.15) is 0 Å². The average molecular weight is 408 g/mol. The summed E-state index contributed by atoms with van der Waals surface area (Å²) in [6.45, 7) is 0.980. The minimum absolute atomic E-state index is 0.0252. The van der Waals surface area contributed by atoms with Crippen LogP contribution < -0.4 is 15.8 Å². The van der Waals surface area contributed by atoms with Gasteiger partial charge in [-0.3, -0.25) is 10.1 Å². The Morgan fingerprint density at radius 3 is 1.60 bits per heavy atom. The number of aliphatic hydroxyl groups is 2. The summed E-state index contributed by atoms with van der Waals surface area (Å²) in [6, 6.07) is 21.8. The molecule has 0 unspecified atom stereocenters. The van der Waals surface area contributed by atoms with Crippen LogP contribution >= 0.6 is 0 Å². The lowest BCUT2D eigenvalue weighted by Crippen LogP contribution is -2.29. The number of non-ortho nitro benzene ring substituents is 1. The molecule has 0 fully saturated rings. The molecule has 3 aromatic rings. The number of rotatable bonds is 10. The number of hydrogen-bond donors (Lipinski definition) is 4. The Hall–Kier alpha value is -3.62. The maximum atomic E-state index is 10.8. The van der Waals surface area contributed by atoms with Gasteiger partial charge in [0, 0.05) is 30.9 Å². The minimum atomic E-state index is -0.411. The lowest BCUT2D eigenvalue weighted by atomic mass is 10.1. The fourth-order valence-corrected chi connectivity index (χ4v) is 3.03. The SMILES string of the molecule is O=[N+]([O-])c1ccc(-c2ccc(NNc3ccc(N(CCO)CCO)cc3)cc2)cc1. The number of nitro groups is 1. The van der Waals surface area contributed by atoms with Gasteiger partial charge in [0.15, 0.2) is 0 Å². The Morgan fingerprint density at radius 2 is 1.17 bits per heavy atom. The van der Waals surface area contributed by atoms with Crippen LogP contribution in [0.25, 0.3) is 11.1 Å². The number of aliphatic hydroxyl groups excluding tert-OH is 2. The molecular formula is C22H24N4O4. The van der Waals surface area contributed by atoms with Crippen molar-refractivity contribution in [1.82, 2.24) is 0 Å². The Balaban J connectivity index is 1.59. The Bertz CT molecular complexity index is 938. The molecule has 8 nitrogen and oxygen atoms in total. The first-order chi connectivity index (χ1) is 14.6. The molecule has 8 heteroatoms. The van der Waals surface area contributed by atoms with E-state index in [-0.39, 0.29) is 18.9 Å². The van der Waals surface area contributed by atoms with E-state index in [0.717, 1.165) is 28.2 Å². The fourth-order valence-electron chi connectivity index (χ4n) is 3.03. The van der Waals surface area contributed by atoms with Gasteiger partial charge in [0.05, 0.1) is 29.5 Å². The van der Waals surface area contributed by atoms with Crippen LogP contribution in [0.5, 0.6) is 0 Å². The van der Waals surface area contributed by atoms with Crippen LogP contribution in [0.2, 0.25) is 0 Å².